The van der Waals surface area contributed by atoms with Crippen molar-refractivity contribution in [1.82, 2.24) is 19.6 Å². The summed E-state index contributed by atoms with van der Waals surface area (Å²) in [7, 11) is 15.1. The van der Waals surface area contributed by atoms with Crippen LogP contribution in [0.5, 0.6) is 0 Å². The predicted molar refractivity (Wildman–Crippen MR) is 113 cm³/mol. The average molecular weight is 568 g/mol. The third-order valence-corrected chi connectivity index (χ3v) is 2.32. The molecule has 0 bridgehead atoms. The van der Waals surface area contributed by atoms with E-state index in [2.05, 4.69) is 0 Å². The van der Waals surface area contributed by atoms with Crippen LogP contribution in [0.25, 0.3) is 0 Å². The van der Waals surface area contributed by atoms with Crippen LogP contribution < -0.4 is 40.9 Å². The van der Waals surface area contributed by atoms with Crippen LogP contribution >= 0.6 is 0 Å². The molecule has 14 heteroatoms. The summed E-state index contributed by atoms with van der Waals surface area (Å²) < 4.78 is 0. The third-order valence-electron chi connectivity index (χ3n) is 2.32. The molecule has 0 heterocycles. The Morgan fingerprint density at radius 2 is 0.412 bits per heavy atom. The van der Waals surface area contributed by atoms with Gasteiger partial charge in [0.1, 0.15) is 0 Å². The molecule has 34 heavy (non-hydrogen) atoms. The second-order valence-electron chi connectivity index (χ2n) is 6.85. The molecule has 0 aromatic heterocycles. The van der Waals surface area contributed by atoms with Crippen LogP contribution in [0.4, 0.5) is 0 Å². The van der Waals surface area contributed by atoms with Gasteiger partial charge in [0.25, 0.3) is 0 Å². The van der Waals surface area contributed by atoms with Gasteiger partial charge >= 0.3 is 43.4 Å². The first-order chi connectivity index (χ1) is 14.9. The topological polar surface area (TPSA) is 197 Å². The maximum Gasteiger partial charge on any atom is 4.00 e. The first-order valence-corrected chi connectivity index (χ1v) is 10.2. The van der Waals surface area contributed by atoms with Gasteiger partial charge in [-0.25, -0.2) is 0 Å². The van der Waals surface area contributed by atoms with E-state index < -0.39 is 26.4 Å². The van der Waals surface area contributed by atoms with E-state index in [0.717, 1.165) is 0 Å². The summed E-state index contributed by atoms with van der Waals surface area (Å²) in [6.45, 7) is 0.694. The van der Waals surface area contributed by atoms with Crippen molar-refractivity contribution >= 4 is 0 Å². The second kappa shape index (κ2) is 59.2. The summed E-state index contributed by atoms with van der Waals surface area (Å²) in [4.78, 5) is 7.47. The summed E-state index contributed by atoms with van der Waals surface area (Å²) >= 11 is 0. The van der Waals surface area contributed by atoms with Gasteiger partial charge in [-0.1, -0.05) is 0 Å². The van der Waals surface area contributed by atoms with Crippen LogP contribution in [0.1, 0.15) is 0 Å². The van der Waals surface area contributed by atoms with E-state index in [9.17, 15) is 20.4 Å². The van der Waals surface area contributed by atoms with E-state index in [-0.39, 0.29) is 69.9 Å². The largest absolute Gasteiger partial charge is 4.00 e. The number of hydrogen-bond acceptors (Lipinski definition) is 12. The van der Waals surface area contributed by atoms with E-state index in [4.69, 9.17) is 20.4 Å². The van der Waals surface area contributed by atoms with Gasteiger partial charge in [0.15, 0.2) is 0 Å². The molecular formula is C20H48N4O8Ti2. The Morgan fingerprint density at radius 3 is 0.412 bits per heavy atom. The number of nitrogens with zero attached hydrogens (tertiary/aromatic N) is 4. The minimum absolute atomic E-state index is 0. The Kier molecular flexibility index (Phi) is 96.6. The van der Waals surface area contributed by atoms with Crippen LogP contribution in [0.15, 0.2) is 0 Å². The summed E-state index contributed by atoms with van der Waals surface area (Å²) in [5.41, 5.74) is 0. The summed E-state index contributed by atoms with van der Waals surface area (Å²) in [6, 6.07) is 0. The molecule has 0 aromatic carbocycles. The van der Waals surface area contributed by atoms with Crippen molar-refractivity contribution in [1.29, 1.82) is 0 Å². The van der Waals surface area contributed by atoms with Crippen molar-refractivity contribution in [2.24, 2.45) is 0 Å². The Morgan fingerprint density at radius 1 is 0.294 bits per heavy atom. The first-order valence-electron chi connectivity index (χ1n) is 10.2. The molecule has 0 amide bonds. The van der Waals surface area contributed by atoms with Crippen molar-refractivity contribution < 1.29 is 84.3 Å². The third kappa shape index (κ3) is 151. The maximum absolute atomic E-state index is 9.70. The normalized spacial score (nSPS) is 8.82. The standard InChI is InChI=1S/4C4H10NO.2C2H4O2.2Ti/c4*1-5(2)3-4-6;2*3-1-2-4;;/h4*3-4H2,1-2H3;2*1-2H2;;/q4*-1;2*-2;2*+4. The van der Waals surface area contributed by atoms with Crippen LogP contribution in [0.2, 0.25) is 0 Å². The molecular weight excluding hydrogens is 520 g/mol. The van der Waals surface area contributed by atoms with Gasteiger partial charge in [0.2, 0.25) is 0 Å². The van der Waals surface area contributed by atoms with Gasteiger partial charge in [0, 0.05) is 0 Å². The molecule has 0 aliphatic heterocycles. The predicted octanol–water partition coefficient (Wildman–Crippen LogP) is -8.96. The molecule has 0 radical (unpaired) electrons. The summed E-state index contributed by atoms with van der Waals surface area (Å²) in [6.07, 6.45) is 0. The second-order valence-corrected chi connectivity index (χ2v) is 6.85. The fraction of sp³-hybridized carbons (Fsp3) is 1.00. The molecule has 0 aliphatic rings. The van der Waals surface area contributed by atoms with Gasteiger partial charge in [-0.15, -0.1) is 26.4 Å². The van der Waals surface area contributed by atoms with E-state index in [1.807, 2.05) is 76.0 Å². The van der Waals surface area contributed by atoms with Crippen molar-refractivity contribution in [2.75, 3.05) is 135 Å². The minimum Gasteiger partial charge on any atom is -0.855 e. The van der Waals surface area contributed by atoms with E-state index in [1.165, 1.54) is 0 Å². The molecule has 0 unspecified atom stereocenters. The first kappa shape index (κ1) is 55.5. The molecule has 204 valence electrons. The molecule has 0 aromatic rings. The molecule has 0 N–H and O–H groups in total. The van der Waals surface area contributed by atoms with Gasteiger partial charge in [0.05, 0.1) is 0 Å². The Bertz CT molecular complexity index is 217. The molecule has 0 aliphatic carbocycles. The smallest absolute Gasteiger partial charge is 0.855 e. The molecule has 0 saturated heterocycles. The zero-order chi connectivity index (χ0) is 26.8. The van der Waals surface area contributed by atoms with E-state index in [1.54, 1.807) is 0 Å². The van der Waals surface area contributed by atoms with Crippen LogP contribution in [0.3, 0.4) is 0 Å². The number of likely N-dealkylation sites (N-methyl/N-ethyl adjacent to an activating group) is 4. The Balaban J connectivity index is -0.0000000396. The molecule has 0 rings (SSSR count). The minimum atomic E-state index is -0.486. The average Bonchev–Trinajstić information content (AvgIpc) is 2.69. The molecule has 0 atom stereocenters. The Hall–Kier alpha value is 0.949. The van der Waals surface area contributed by atoms with Gasteiger partial charge < -0.3 is 60.5 Å². The molecule has 0 saturated carbocycles. The van der Waals surface area contributed by atoms with Crippen molar-refractivity contribution in [3.05, 3.63) is 0 Å². The van der Waals surface area contributed by atoms with Crippen molar-refractivity contribution in [2.45, 2.75) is 0 Å². The quantitative estimate of drug-likeness (QED) is 0.226. The monoisotopic (exact) mass is 568 g/mol. The molecule has 0 fully saturated rings. The van der Waals surface area contributed by atoms with Crippen LogP contribution in [-0.2, 0) is 43.4 Å². The summed E-state index contributed by atoms with van der Waals surface area (Å²) in [5, 5.41) is 74.7. The van der Waals surface area contributed by atoms with Crippen LogP contribution in [-0.4, -0.2) is 155 Å². The molecule has 0 spiro atoms. The fourth-order valence-corrected chi connectivity index (χ4v) is 0.730. The number of hydrogen-bond donors (Lipinski definition) is 0. The zero-order valence-electron chi connectivity index (χ0n) is 22.5. The van der Waals surface area contributed by atoms with Gasteiger partial charge in [-0.05, 0) is 82.6 Å². The van der Waals surface area contributed by atoms with Crippen molar-refractivity contribution in [3.8, 4) is 0 Å². The van der Waals surface area contributed by atoms with Gasteiger partial charge in [-0.2, -0.15) is 26.4 Å². The SMILES string of the molecule is CN(C)CC[O-].CN(C)CC[O-].CN(C)CC[O-].CN(C)CC[O-].[O-]CC[O-].[O-]CC[O-].[Ti+4].[Ti+4]. The fourth-order valence-electron chi connectivity index (χ4n) is 0.730. The van der Waals surface area contributed by atoms with E-state index >= 15 is 0 Å². The Labute approximate surface area is 238 Å². The van der Waals surface area contributed by atoms with Gasteiger partial charge in [-0.3, -0.25) is 0 Å². The van der Waals surface area contributed by atoms with Crippen LogP contribution in [0, 0.1) is 0 Å². The molecule has 12 nitrogen and oxygen atoms in total. The summed E-state index contributed by atoms with van der Waals surface area (Å²) in [5.74, 6) is 0. The van der Waals surface area contributed by atoms with E-state index in [0.29, 0.717) is 26.2 Å². The maximum atomic E-state index is 9.70. The van der Waals surface area contributed by atoms with Crippen molar-refractivity contribution in [3.63, 3.8) is 0 Å². The number of rotatable bonds is 10. The zero-order valence-corrected chi connectivity index (χ0v) is 25.7.